The molecular weight excluding hydrogens is 414 g/mol. The van der Waals surface area contributed by atoms with Gasteiger partial charge in [0.25, 0.3) is 0 Å². The first-order valence-corrected chi connectivity index (χ1v) is 12.4. The average Bonchev–Trinajstić information content (AvgIpc) is 2.70. The smallest absolute Gasteiger partial charge is 0.229 e. The van der Waals surface area contributed by atoms with Crippen molar-refractivity contribution in [3.05, 3.63) is 53.1 Å². The van der Waals surface area contributed by atoms with Crippen LogP contribution < -0.4 is 14.8 Å². The normalized spacial score (nSPS) is 13.6. The van der Waals surface area contributed by atoms with E-state index < -0.39 is 10.0 Å². The van der Waals surface area contributed by atoms with Gasteiger partial charge in [-0.25, -0.2) is 8.42 Å². The van der Waals surface area contributed by atoms with Gasteiger partial charge in [-0.3, -0.25) is 9.52 Å². The van der Waals surface area contributed by atoms with Crippen molar-refractivity contribution >= 4 is 27.3 Å². The molecule has 0 aromatic heterocycles. The second-order valence-corrected chi connectivity index (χ2v) is 9.86. The molecule has 1 aliphatic heterocycles. The van der Waals surface area contributed by atoms with Gasteiger partial charge in [-0.15, -0.1) is 0 Å². The largest absolute Gasteiger partial charge is 0.492 e. The van der Waals surface area contributed by atoms with Gasteiger partial charge in [-0.05, 0) is 69.1 Å². The summed E-state index contributed by atoms with van der Waals surface area (Å²) in [5.74, 6) is 0.922. The van der Waals surface area contributed by atoms with Crippen LogP contribution >= 0.6 is 0 Å². The minimum Gasteiger partial charge on any atom is -0.492 e. The van der Waals surface area contributed by atoms with Crippen LogP contribution in [0, 0.1) is 6.92 Å². The van der Waals surface area contributed by atoms with Crippen molar-refractivity contribution in [2.45, 2.75) is 32.6 Å². The summed E-state index contributed by atoms with van der Waals surface area (Å²) in [7, 11) is -1.17. The molecule has 2 N–H and O–H groups in total. The number of nitrogens with one attached hydrogen (secondary N) is 2. The molecule has 3 rings (SSSR count). The zero-order chi connectivity index (χ0) is 22.4. The lowest BCUT2D eigenvalue weighted by atomic mass is 9.98. The fourth-order valence-corrected chi connectivity index (χ4v) is 4.24. The maximum absolute atomic E-state index is 11.7. The summed E-state index contributed by atoms with van der Waals surface area (Å²) in [6.45, 7) is 4.34. The molecule has 7 nitrogen and oxygen atoms in total. The molecule has 0 atom stereocenters. The van der Waals surface area contributed by atoms with Crippen LogP contribution in [0.15, 0.2) is 36.4 Å². The summed E-state index contributed by atoms with van der Waals surface area (Å²) in [4.78, 5) is 13.9. The van der Waals surface area contributed by atoms with Gasteiger partial charge in [0.05, 0.1) is 11.9 Å². The summed E-state index contributed by atoms with van der Waals surface area (Å²) < 4.78 is 31.0. The highest BCUT2D eigenvalue weighted by Gasteiger charge is 2.20. The number of fused-ring (bicyclic) bond motifs is 1. The highest BCUT2D eigenvalue weighted by molar-refractivity contribution is 7.92. The van der Waals surface area contributed by atoms with E-state index in [9.17, 15) is 13.2 Å². The molecule has 0 bridgehead atoms. The van der Waals surface area contributed by atoms with Crippen LogP contribution in [0.3, 0.4) is 0 Å². The Kier molecular flexibility index (Phi) is 7.56. The molecule has 1 heterocycles. The van der Waals surface area contributed by atoms with Gasteiger partial charge in [-0.1, -0.05) is 18.2 Å². The number of amides is 1. The lowest BCUT2D eigenvalue weighted by molar-refractivity contribution is -0.116. The standard InChI is InChI=1S/C23H31N3O4S/c1-17-6-12-21(20-11-13-22(27)24-23(17)20)30-16-15-26(2)14-4-5-18-7-9-19(10-8-18)25-31(3,28)29/h6-10,12,25H,4-5,11,13-16H2,1-3H3,(H,24,27). The van der Waals surface area contributed by atoms with Crippen molar-refractivity contribution in [3.63, 3.8) is 0 Å². The van der Waals surface area contributed by atoms with Crippen molar-refractivity contribution in [2.75, 3.05) is 43.0 Å². The van der Waals surface area contributed by atoms with E-state index >= 15 is 0 Å². The van der Waals surface area contributed by atoms with Crippen molar-refractivity contribution in [3.8, 4) is 5.75 Å². The van der Waals surface area contributed by atoms with Gasteiger partial charge in [0.1, 0.15) is 12.4 Å². The van der Waals surface area contributed by atoms with Crippen LogP contribution in [0.25, 0.3) is 0 Å². The van der Waals surface area contributed by atoms with Crippen LogP contribution in [0.4, 0.5) is 11.4 Å². The summed E-state index contributed by atoms with van der Waals surface area (Å²) in [5, 5.41) is 2.96. The van der Waals surface area contributed by atoms with Gasteiger partial charge in [0, 0.05) is 24.2 Å². The SMILES string of the molecule is Cc1ccc(OCCN(C)CCCc2ccc(NS(C)(=O)=O)cc2)c2c1NC(=O)CC2. The number of benzene rings is 2. The topological polar surface area (TPSA) is 87.7 Å². The third kappa shape index (κ3) is 6.97. The number of rotatable bonds is 10. The first-order valence-electron chi connectivity index (χ1n) is 10.5. The zero-order valence-corrected chi connectivity index (χ0v) is 19.2. The number of anilines is 2. The number of hydrogen-bond acceptors (Lipinski definition) is 5. The second kappa shape index (κ2) is 10.2. The van der Waals surface area contributed by atoms with Gasteiger partial charge < -0.3 is 15.0 Å². The van der Waals surface area contributed by atoms with E-state index in [-0.39, 0.29) is 5.91 Å². The lowest BCUT2D eigenvalue weighted by Crippen LogP contribution is -2.26. The molecule has 0 saturated heterocycles. The number of carbonyl (C=O) groups is 1. The van der Waals surface area contributed by atoms with Crippen LogP contribution in [0.5, 0.6) is 5.75 Å². The Labute approximate surface area is 184 Å². The van der Waals surface area contributed by atoms with Crippen molar-refractivity contribution in [1.29, 1.82) is 0 Å². The first-order chi connectivity index (χ1) is 14.7. The third-order valence-corrected chi connectivity index (χ3v) is 5.94. The molecule has 2 aromatic rings. The Morgan fingerprint density at radius 3 is 2.55 bits per heavy atom. The van der Waals surface area contributed by atoms with Gasteiger partial charge in [-0.2, -0.15) is 0 Å². The number of carbonyl (C=O) groups excluding carboxylic acids is 1. The fraction of sp³-hybridized carbons (Fsp3) is 0.435. The minimum atomic E-state index is -3.24. The lowest BCUT2D eigenvalue weighted by Gasteiger charge is -2.23. The number of nitrogens with zero attached hydrogens (tertiary/aromatic N) is 1. The van der Waals surface area contributed by atoms with E-state index in [1.165, 1.54) is 5.56 Å². The molecule has 0 fully saturated rings. The van der Waals surface area contributed by atoms with Crippen LogP contribution in [0.1, 0.15) is 29.5 Å². The van der Waals surface area contributed by atoms with Crippen LogP contribution in [-0.2, 0) is 27.7 Å². The maximum atomic E-state index is 11.7. The molecule has 31 heavy (non-hydrogen) atoms. The zero-order valence-electron chi connectivity index (χ0n) is 18.4. The van der Waals surface area contributed by atoms with Crippen molar-refractivity contribution < 1.29 is 17.9 Å². The number of sulfonamides is 1. The number of aryl methyl sites for hydroxylation is 2. The molecule has 0 saturated carbocycles. The maximum Gasteiger partial charge on any atom is 0.229 e. The monoisotopic (exact) mass is 445 g/mol. The van der Waals surface area contributed by atoms with E-state index in [2.05, 4.69) is 22.0 Å². The molecule has 168 valence electrons. The molecule has 0 spiro atoms. The highest BCUT2D eigenvalue weighted by Crippen LogP contribution is 2.34. The Morgan fingerprint density at radius 1 is 1.10 bits per heavy atom. The number of hydrogen-bond donors (Lipinski definition) is 2. The Balaban J connectivity index is 1.41. The average molecular weight is 446 g/mol. The molecule has 0 aliphatic carbocycles. The summed E-state index contributed by atoms with van der Waals surface area (Å²) in [6, 6.07) is 11.5. The van der Waals surface area contributed by atoms with E-state index in [0.717, 1.165) is 54.8 Å². The Morgan fingerprint density at radius 2 is 1.84 bits per heavy atom. The number of ether oxygens (including phenoxy) is 1. The molecule has 2 aromatic carbocycles. The predicted molar refractivity (Wildman–Crippen MR) is 124 cm³/mol. The first kappa shape index (κ1) is 23.1. The van der Waals surface area contributed by atoms with E-state index in [4.69, 9.17) is 4.74 Å². The number of likely N-dealkylation sites (N-methyl/N-ethyl adjacent to an activating group) is 1. The second-order valence-electron chi connectivity index (χ2n) is 8.11. The molecule has 0 unspecified atom stereocenters. The minimum absolute atomic E-state index is 0.0637. The summed E-state index contributed by atoms with van der Waals surface area (Å²) in [5.41, 5.74) is 4.82. The third-order valence-electron chi connectivity index (χ3n) is 5.34. The highest BCUT2D eigenvalue weighted by atomic mass is 32.2. The Bertz CT molecular complexity index is 1020. The molecule has 8 heteroatoms. The van der Waals surface area contributed by atoms with Crippen molar-refractivity contribution in [2.24, 2.45) is 0 Å². The Hall–Kier alpha value is -2.58. The van der Waals surface area contributed by atoms with E-state index in [0.29, 0.717) is 25.1 Å². The predicted octanol–water partition coefficient (Wildman–Crippen LogP) is 3.19. The fourth-order valence-electron chi connectivity index (χ4n) is 3.67. The molecule has 1 aliphatic rings. The summed E-state index contributed by atoms with van der Waals surface area (Å²) in [6.07, 6.45) is 4.28. The van der Waals surface area contributed by atoms with Gasteiger partial charge >= 0.3 is 0 Å². The van der Waals surface area contributed by atoms with Gasteiger partial charge in [0.15, 0.2) is 0 Å². The van der Waals surface area contributed by atoms with Crippen LogP contribution in [0.2, 0.25) is 0 Å². The van der Waals surface area contributed by atoms with E-state index in [1.54, 1.807) is 12.1 Å². The summed E-state index contributed by atoms with van der Waals surface area (Å²) >= 11 is 0. The van der Waals surface area contributed by atoms with E-state index in [1.807, 2.05) is 31.2 Å². The molecule has 1 amide bonds. The molecular formula is C23H31N3O4S. The van der Waals surface area contributed by atoms with Gasteiger partial charge in [0.2, 0.25) is 15.9 Å². The quantitative estimate of drug-likeness (QED) is 0.586. The molecule has 0 radical (unpaired) electrons. The van der Waals surface area contributed by atoms with Crippen LogP contribution in [-0.4, -0.2) is 52.2 Å². The van der Waals surface area contributed by atoms with Crippen molar-refractivity contribution in [1.82, 2.24) is 4.90 Å².